The van der Waals surface area contributed by atoms with Gasteiger partial charge in [0.25, 0.3) is 0 Å². The van der Waals surface area contributed by atoms with E-state index in [1.807, 2.05) is 48.7 Å². The second-order valence-corrected chi connectivity index (χ2v) is 8.63. The molecule has 0 atom stereocenters. The lowest BCUT2D eigenvalue weighted by Gasteiger charge is -2.06. The minimum atomic E-state index is -0.107. The minimum absolute atomic E-state index is 0.107. The van der Waals surface area contributed by atoms with Crippen molar-refractivity contribution in [3.05, 3.63) is 74.7 Å². The Labute approximate surface area is 170 Å². The summed E-state index contributed by atoms with van der Waals surface area (Å²) in [7, 11) is 0. The number of carbonyl (C=O) groups is 1. The highest BCUT2D eigenvalue weighted by Gasteiger charge is 2.09. The van der Waals surface area contributed by atoms with E-state index in [9.17, 15) is 4.79 Å². The normalized spacial score (nSPS) is 10.7. The summed E-state index contributed by atoms with van der Waals surface area (Å²) in [6.45, 7) is 1.92. The van der Waals surface area contributed by atoms with Crippen LogP contribution >= 0.6 is 46.3 Å². The molecular formula is C19H16Cl2N2OS2. The van der Waals surface area contributed by atoms with Crippen molar-refractivity contribution in [3.8, 4) is 0 Å². The van der Waals surface area contributed by atoms with E-state index in [1.165, 1.54) is 5.56 Å². The van der Waals surface area contributed by atoms with Crippen LogP contribution in [-0.2, 0) is 17.0 Å². The van der Waals surface area contributed by atoms with E-state index in [0.717, 1.165) is 26.4 Å². The number of carbonyl (C=O) groups excluding carboxylic acids is 1. The van der Waals surface area contributed by atoms with Crippen molar-refractivity contribution < 1.29 is 4.79 Å². The second kappa shape index (κ2) is 8.91. The van der Waals surface area contributed by atoms with Crippen LogP contribution in [0.5, 0.6) is 0 Å². The van der Waals surface area contributed by atoms with Crippen LogP contribution in [-0.4, -0.2) is 10.9 Å². The molecule has 1 N–H and O–H groups in total. The Morgan fingerprint density at radius 1 is 1.19 bits per heavy atom. The SMILES string of the molecule is Cc1ccc(NC(=O)Cc2csc(SCc3ccc(Cl)cc3)n2)cc1Cl. The van der Waals surface area contributed by atoms with Gasteiger partial charge in [-0.15, -0.1) is 11.3 Å². The fourth-order valence-electron chi connectivity index (χ4n) is 2.20. The van der Waals surface area contributed by atoms with Gasteiger partial charge in [-0.1, -0.05) is 53.2 Å². The van der Waals surface area contributed by atoms with Gasteiger partial charge < -0.3 is 5.32 Å². The maximum atomic E-state index is 12.2. The first-order valence-corrected chi connectivity index (χ1v) is 10.5. The summed E-state index contributed by atoms with van der Waals surface area (Å²) in [5.74, 6) is 0.711. The molecule has 0 saturated carbocycles. The lowest BCUT2D eigenvalue weighted by atomic mass is 10.2. The molecule has 0 saturated heterocycles. The van der Waals surface area contributed by atoms with Crippen LogP contribution in [0.4, 0.5) is 5.69 Å². The third-order valence-electron chi connectivity index (χ3n) is 3.60. The summed E-state index contributed by atoms with van der Waals surface area (Å²) in [5.41, 5.74) is 3.62. The molecule has 0 aliphatic rings. The smallest absolute Gasteiger partial charge is 0.230 e. The maximum absolute atomic E-state index is 12.2. The Bertz CT molecular complexity index is 910. The summed E-state index contributed by atoms with van der Waals surface area (Å²) < 4.78 is 0.945. The molecule has 1 heterocycles. The predicted molar refractivity (Wildman–Crippen MR) is 112 cm³/mol. The monoisotopic (exact) mass is 422 g/mol. The summed E-state index contributed by atoms with van der Waals surface area (Å²) in [4.78, 5) is 16.7. The first-order chi connectivity index (χ1) is 12.5. The van der Waals surface area contributed by atoms with Crippen molar-refractivity contribution >= 4 is 57.9 Å². The molecule has 0 unspecified atom stereocenters. The Kier molecular flexibility index (Phi) is 6.59. The number of thioether (sulfide) groups is 1. The molecule has 3 nitrogen and oxygen atoms in total. The number of anilines is 1. The second-order valence-electron chi connectivity index (χ2n) is 5.71. The molecule has 2 aromatic carbocycles. The van der Waals surface area contributed by atoms with Gasteiger partial charge in [-0.05, 0) is 42.3 Å². The fourth-order valence-corrected chi connectivity index (χ4v) is 4.31. The van der Waals surface area contributed by atoms with Crippen molar-refractivity contribution in [1.29, 1.82) is 0 Å². The fraction of sp³-hybridized carbons (Fsp3) is 0.158. The van der Waals surface area contributed by atoms with Gasteiger partial charge in [-0.3, -0.25) is 4.79 Å². The van der Waals surface area contributed by atoms with Crippen molar-refractivity contribution in [3.63, 3.8) is 0 Å². The minimum Gasteiger partial charge on any atom is -0.326 e. The van der Waals surface area contributed by atoms with Gasteiger partial charge in [0.05, 0.1) is 12.1 Å². The number of benzene rings is 2. The van der Waals surface area contributed by atoms with Crippen LogP contribution in [0.2, 0.25) is 10.0 Å². The van der Waals surface area contributed by atoms with E-state index in [2.05, 4.69) is 10.3 Å². The van der Waals surface area contributed by atoms with E-state index in [-0.39, 0.29) is 12.3 Å². The van der Waals surface area contributed by atoms with Crippen molar-refractivity contribution in [1.82, 2.24) is 4.98 Å². The highest BCUT2D eigenvalue weighted by Crippen LogP contribution is 2.27. The number of nitrogens with zero attached hydrogens (tertiary/aromatic N) is 1. The first-order valence-electron chi connectivity index (χ1n) is 7.87. The zero-order valence-corrected chi connectivity index (χ0v) is 17.1. The highest BCUT2D eigenvalue weighted by atomic mass is 35.5. The molecule has 1 aromatic heterocycles. The highest BCUT2D eigenvalue weighted by molar-refractivity contribution is 8.00. The van der Waals surface area contributed by atoms with Crippen molar-refractivity contribution in [2.75, 3.05) is 5.32 Å². The largest absolute Gasteiger partial charge is 0.326 e. The van der Waals surface area contributed by atoms with E-state index in [0.29, 0.717) is 10.7 Å². The van der Waals surface area contributed by atoms with Gasteiger partial charge >= 0.3 is 0 Å². The number of aryl methyl sites for hydroxylation is 1. The van der Waals surface area contributed by atoms with Gasteiger partial charge in [0.15, 0.2) is 0 Å². The number of thiazole rings is 1. The number of nitrogens with one attached hydrogen (secondary N) is 1. The molecule has 0 bridgehead atoms. The van der Waals surface area contributed by atoms with Crippen molar-refractivity contribution in [2.24, 2.45) is 0 Å². The quantitative estimate of drug-likeness (QED) is 0.478. The molecule has 0 radical (unpaired) electrons. The summed E-state index contributed by atoms with van der Waals surface area (Å²) in [6, 6.07) is 13.2. The standard InChI is InChI=1S/C19H16Cl2N2OS2/c1-12-2-7-15(8-17(12)21)22-18(24)9-16-11-26-19(23-16)25-10-13-3-5-14(20)6-4-13/h2-8,11H,9-10H2,1H3,(H,22,24). The number of aromatic nitrogens is 1. The van der Waals surface area contributed by atoms with E-state index >= 15 is 0 Å². The summed E-state index contributed by atoms with van der Waals surface area (Å²) in [5, 5.41) is 6.14. The average Bonchev–Trinajstić information content (AvgIpc) is 3.05. The van der Waals surface area contributed by atoms with E-state index in [4.69, 9.17) is 23.2 Å². The predicted octanol–water partition coefficient (Wildman–Crippen LogP) is 6.23. The van der Waals surface area contributed by atoms with Crippen LogP contribution in [0.3, 0.4) is 0 Å². The zero-order chi connectivity index (χ0) is 18.5. The van der Waals surface area contributed by atoms with Gasteiger partial charge in [-0.25, -0.2) is 4.98 Å². The topological polar surface area (TPSA) is 42.0 Å². The van der Waals surface area contributed by atoms with Crippen LogP contribution in [0, 0.1) is 6.92 Å². The van der Waals surface area contributed by atoms with E-state index < -0.39 is 0 Å². The molecule has 3 aromatic rings. The summed E-state index contributed by atoms with van der Waals surface area (Å²) in [6.07, 6.45) is 0.240. The lowest BCUT2D eigenvalue weighted by molar-refractivity contribution is -0.115. The summed E-state index contributed by atoms with van der Waals surface area (Å²) >= 11 is 15.2. The lowest BCUT2D eigenvalue weighted by Crippen LogP contribution is -2.14. The molecule has 0 fully saturated rings. The molecule has 0 aliphatic heterocycles. The molecule has 3 rings (SSSR count). The Morgan fingerprint density at radius 3 is 2.69 bits per heavy atom. The third kappa shape index (κ3) is 5.48. The number of rotatable bonds is 6. The number of hydrogen-bond donors (Lipinski definition) is 1. The van der Waals surface area contributed by atoms with Gasteiger partial charge in [0.1, 0.15) is 4.34 Å². The Hall–Kier alpha value is -1.53. The van der Waals surface area contributed by atoms with Gasteiger partial charge in [0, 0.05) is 26.9 Å². The molecule has 0 aliphatic carbocycles. The Balaban J connectivity index is 1.53. The number of halogens is 2. The van der Waals surface area contributed by atoms with Crippen LogP contribution in [0.15, 0.2) is 52.2 Å². The number of amides is 1. The number of hydrogen-bond acceptors (Lipinski definition) is 4. The Morgan fingerprint density at radius 2 is 1.96 bits per heavy atom. The van der Waals surface area contributed by atoms with Crippen LogP contribution in [0.25, 0.3) is 0 Å². The molecule has 7 heteroatoms. The molecular weight excluding hydrogens is 407 g/mol. The first kappa shape index (κ1) is 19.2. The van der Waals surface area contributed by atoms with Crippen molar-refractivity contribution in [2.45, 2.75) is 23.4 Å². The zero-order valence-electron chi connectivity index (χ0n) is 14.0. The van der Waals surface area contributed by atoms with Gasteiger partial charge in [0.2, 0.25) is 5.91 Å². The maximum Gasteiger partial charge on any atom is 0.230 e. The van der Waals surface area contributed by atoms with Gasteiger partial charge in [-0.2, -0.15) is 0 Å². The van der Waals surface area contributed by atoms with E-state index in [1.54, 1.807) is 29.2 Å². The average molecular weight is 423 g/mol. The molecule has 134 valence electrons. The van der Waals surface area contributed by atoms with Crippen LogP contribution in [0.1, 0.15) is 16.8 Å². The molecule has 26 heavy (non-hydrogen) atoms. The third-order valence-corrected chi connectivity index (χ3v) is 6.40. The molecule has 0 spiro atoms. The molecule has 1 amide bonds. The van der Waals surface area contributed by atoms with Crippen LogP contribution < -0.4 is 5.32 Å².